The monoisotopic (exact) mass is 294 g/mol. The number of hydrogen-bond acceptors (Lipinski definition) is 3. The van der Waals surface area contributed by atoms with Crippen LogP contribution in [0.2, 0.25) is 0 Å². The van der Waals surface area contributed by atoms with Gasteiger partial charge in [0.1, 0.15) is 5.76 Å². The van der Waals surface area contributed by atoms with Gasteiger partial charge in [-0.2, -0.15) is 0 Å². The third kappa shape index (κ3) is 4.51. The molecule has 0 radical (unpaired) electrons. The first-order valence-corrected chi connectivity index (χ1v) is 7.37. The number of urea groups is 1. The summed E-state index contributed by atoms with van der Waals surface area (Å²) in [7, 11) is 0. The number of nitrogens with zero attached hydrogens (tertiary/aromatic N) is 1. The highest BCUT2D eigenvalue weighted by Gasteiger charge is 2.25. The van der Waals surface area contributed by atoms with Gasteiger partial charge in [0, 0.05) is 19.5 Å². The topological polar surface area (TPSA) is 82.8 Å². The minimum Gasteiger partial charge on any atom is -0.481 e. The third-order valence-corrected chi connectivity index (χ3v) is 3.88. The van der Waals surface area contributed by atoms with Gasteiger partial charge in [0.15, 0.2) is 0 Å². The van der Waals surface area contributed by atoms with Crippen molar-refractivity contribution in [3.8, 4) is 0 Å². The molecule has 0 bridgehead atoms. The van der Waals surface area contributed by atoms with Crippen LogP contribution in [0.15, 0.2) is 22.8 Å². The summed E-state index contributed by atoms with van der Waals surface area (Å²) in [6.07, 6.45) is 4.30. The number of nitrogens with one attached hydrogen (secondary N) is 1. The average molecular weight is 294 g/mol. The van der Waals surface area contributed by atoms with E-state index in [9.17, 15) is 9.59 Å². The van der Waals surface area contributed by atoms with Crippen LogP contribution in [0.3, 0.4) is 0 Å². The van der Waals surface area contributed by atoms with E-state index in [2.05, 4.69) is 5.32 Å². The van der Waals surface area contributed by atoms with Crippen molar-refractivity contribution in [2.45, 2.75) is 38.6 Å². The normalized spacial score (nSPS) is 20.0. The molecule has 116 valence electrons. The molecule has 2 heterocycles. The van der Waals surface area contributed by atoms with Crippen LogP contribution in [0.1, 0.15) is 44.4 Å². The van der Waals surface area contributed by atoms with Crippen molar-refractivity contribution in [1.82, 2.24) is 10.2 Å². The molecule has 1 aromatic heterocycles. The fourth-order valence-corrected chi connectivity index (χ4v) is 2.70. The first kappa shape index (κ1) is 15.4. The van der Waals surface area contributed by atoms with Crippen LogP contribution in [-0.4, -0.2) is 35.1 Å². The number of amides is 2. The molecule has 0 aromatic carbocycles. The number of carboxylic acid groups (broad SMARTS) is 1. The number of furan rings is 1. The van der Waals surface area contributed by atoms with E-state index >= 15 is 0 Å². The van der Waals surface area contributed by atoms with Crippen molar-refractivity contribution >= 4 is 12.0 Å². The molecule has 1 aromatic rings. The van der Waals surface area contributed by atoms with E-state index in [-0.39, 0.29) is 24.4 Å². The SMILES string of the molecule is CC(NC(=O)N1CCCC(CCC(=O)O)C1)c1ccco1. The van der Waals surface area contributed by atoms with Gasteiger partial charge in [-0.05, 0) is 44.2 Å². The van der Waals surface area contributed by atoms with Crippen molar-refractivity contribution in [3.63, 3.8) is 0 Å². The Kier molecular flexibility index (Phi) is 5.25. The maximum Gasteiger partial charge on any atom is 0.317 e. The lowest BCUT2D eigenvalue weighted by atomic mass is 9.93. The fraction of sp³-hybridized carbons (Fsp3) is 0.600. The Labute approximate surface area is 124 Å². The fourth-order valence-electron chi connectivity index (χ4n) is 2.70. The molecule has 0 aliphatic carbocycles. The second-order valence-corrected chi connectivity index (χ2v) is 5.57. The predicted octanol–water partition coefficient (Wildman–Crippen LogP) is 2.63. The van der Waals surface area contributed by atoms with Crippen molar-refractivity contribution in [2.75, 3.05) is 13.1 Å². The Morgan fingerprint density at radius 1 is 1.57 bits per heavy atom. The number of piperidine rings is 1. The summed E-state index contributed by atoms with van der Waals surface area (Å²) in [5.41, 5.74) is 0. The van der Waals surface area contributed by atoms with Crippen LogP contribution in [0, 0.1) is 5.92 Å². The van der Waals surface area contributed by atoms with Crippen LogP contribution < -0.4 is 5.32 Å². The first-order chi connectivity index (χ1) is 10.1. The van der Waals surface area contributed by atoms with Crippen molar-refractivity contribution in [1.29, 1.82) is 0 Å². The lowest BCUT2D eigenvalue weighted by molar-refractivity contribution is -0.137. The Hall–Kier alpha value is -1.98. The molecule has 0 saturated carbocycles. The van der Waals surface area contributed by atoms with E-state index in [0.29, 0.717) is 13.0 Å². The quantitative estimate of drug-likeness (QED) is 0.874. The molecule has 6 heteroatoms. The molecule has 2 unspecified atom stereocenters. The van der Waals surface area contributed by atoms with Gasteiger partial charge in [0.05, 0.1) is 12.3 Å². The molecule has 1 fully saturated rings. The van der Waals surface area contributed by atoms with Gasteiger partial charge < -0.3 is 19.7 Å². The van der Waals surface area contributed by atoms with E-state index in [0.717, 1.165) is 25.1 Å². The Bertz CT molecular complexity index is 472. The predicted molar refractivity (Wildman–Crippen MR) is 76.8 cm³/mol. The van der Waals surface area contributed by atoms with E-state index < -0.39 is 5.97 Å². The highest BCUT2D eigenvalue weighted by Crippen LogP contribution is 2.21. The van der Waals surface area contributed by atoms with Crippen molar-refractivity contribution in [3.05, 3.63) is 24.2 Å². The summed E-state index contributed by atoms with van der Waals surface area (Å²) in [6, 6.07) is 3.34. The minimum atomic E-state index is -0.775. The van der Waals surface area contributed by atoms with Crippen LogP contribution >= 0.6 is 0 Å². The van der Waals surface area contributed by atoms with Crippen molar-refractivity contribution in [2.24, 2.45) is 5.92 Å². The molecular formula is C15H22N2O4. The number of carbonyl (C=O) groups is 2. The molecule has 2 amide bonds. The molecule has 6 nitrogen and oxygen atoms in total. The molecule has 0 spiro atoms. The molecule has 1 aliphatic rings. The summed E-state index contributed by atoms with van der Waals surface area (Å²) in [5, 5.41) is 11.7. The lowest BCUT2D eigenvalue weighted by Gasteiger charge is -2.33. The molecular weight excluding hydrogens is 272 g/mol. The second kappa shape index (κ2) is 7.15. The van der Waals surface area contributed by atoms with E-state index in [4.69, 9.17) is 9.52 Å². The van der Waals surface area contributed by atoms with Gasteiger partial charge in [-0.1, -0.05) is 0 Å². The second-order valence-electron chi connectivity index (χ2n) is 5.57. The zero-order chi connectivity index (χ0) is 15.2. The van der Waals surface area contributed by atoms with Gasteiger partial charge in [-0.25, -0.2) is 4.79 Å². The Morgan fingerprint density at radius 2 is 2.38 bits per heavy atom. The van der Waals surface area contributed by atoms with Crippen molar-refractivity contribution < 1.29 is 19.1 Å². The molecule has 2 atom stereocenters. The molecule has 1 aliphatic heterocycles. The number of hydrogen-bond donors (Lipinski definition) is 2. The van der Waals surface area contributed by atoms with Gasteiger partial charge in [0.2, 0.25) is 0 Å². The van der Waals surface area contributed by atoms with Crippen LogP contribution in [0.5, 0.6) is 0 Å². The number of rotatable bonds is 5. The van der Waals surface area contributed by atoms with Crippen LogP contribution in [0.25, 0.3) is 0 Å². The lowest BCUT2D eigenvalue weighted by Crippen LogP contribution is -2.46. The Morgan fingerprint density at radius 3 is 3.05 bits per heavy atom. The summed E-state index contributed by atoms with van der Waals surface area (Å²) in [5.74, 6) is 0.227. The molecule has 1 saturated heterocycles. The summed E-state index contributed by atoms with van der Waals surface area (Å²) in [4.78, 5) is 24.6. The zero-order valence-corrected chi connectivity index (χ0v) is 12.2. The molecule has 2 N–H and O–H groups in total. The number of carboxylic acids is 1. The molecule has 2 rings (SSSR count). The number of carbonyl (C=O) groups excluding carboxylic acids is 1. The Balaban J connectivity index is 1.82. The minimum absolute atomic E-state index is 0.112. The average Bonchev–Trinajstić information content (AvgIpc) is 2.99. The van der Waals surface area contributed by atoms with E-state index in [1.807, 2.05) is 13.0 Å². The van der Waals surface area contributed by atoms with Gasteiger partial charge in [-0.15, -0.1) is 0 Å². The van der Waals surface area contributed by atoms with E-state index in [1.54, 1.807) is 17.2 Å². The maximum absolute atomic E-state index is 12.2. The smallest absolute Gasteiger partial charge is 0.317 e. The van der Waals surface area contributed by atoms with Gasteiger partial charge in [-0.3, -0.25) is 4.79 Å². The summed E-state index contributed by atoms with van der Waals surface area (Å²) >= 11 is 0. The van der Waals surface area contributed by atoms with Gasteiger partial charge in [0.25, 0.3) is 0 Å². The molecule has 21 heavy (non-hydrogen) atoms. The summed E-state index contributed by atoms with van der Waals surface area (Å²) < 4.78 is 5.27. The van der Waals surface area contributed by atoms with E-state index in [1.165, 1.54) is 0 Å². The number of aliphatic carboxylic acids is 1. The standard InChI is InChI=1S/C15H22N2O4/c1-11(13-5-3-9-21-13)16-15(20)17-8-2-4-12(10-17)6-7-14(18)19/h3,5,9,11-12H,2,4,6-8,10H2,1H3,(H,16,20)(H,18,19). The van der Waals surface area contributed by atoms with Gasteiger partial charge >= 0.3 is 12.0 Å². The largest absolute Gasteiger partial charge is 0.481 e. The highest BCUT2D eigenvalue weighted by molar-refractivity contribution is 5.74. The van der Waals surface area contributed by atoms with Crippen LogP contribution in [-0.2, 0) is 4.79 Å². The summed E-state index contributed by atoms with van der Waals surface area (Å²) in [6.45, 7) is 3.23. The maximum atomic E-state index is 12.2. The highest BCUT2D eigenvalue weighted by atomic mass is 16.4. The third-order valence-electron chi connectivity index (χ3n) is 3.88. The van der Waals surface area contributed by atoms with Crippen LogP contribution in [0.4, 0.5) is 4.79 Å². The first-order valence-electron chi connectivity index (χ1n) is 7.37. The number of likely N-dealkylation sites (tertiary alicyclic amines) is 1. The zero-order valence-electron chi connectivity index (χ0n) is 12.2.